The summed E-state index contributed by atoms with van der Waals surface area (Å²) in [7, 11) is 0. The third-order valence-electron chi connectivity index (χ3n) is 1.75. The fourth-order valence-corrected chi connectivity index (χ4v) is 3.21. The van der Waals surface area contributed by atoms with Gasteiger partial charge in [-0.05, 0) is 23.0 Å². The number of carbonyl (C=O) groups excluding carboxylic acids is 1. The Balaban J connectivity index is 2.23. The van der Waals surface area contributed by atoms with Crippen molar-refractivity contribution in [2.45, 2.75) is 4.21 Å². The highest BCUT2D eigenvalue weighted by Gasteiger charge is 2.18. The Kier molecular flexibility index (Phi) is 3.87. The van der Waals surface area contributed by atoms with Gasteiger partial charge in [0, 0.05) is 5.75 Å². The lowest BCUT2D eigenvalue weighted by Crippen LogP contribution is -2.00. The standard InChI is InChI=1S/C10H8N2OS3/c1-2-5-15-10-8(11-12-16-10)9(13)7-4-3-6-14-7/h2-4,6H,1,5H2. The Bertz CT molecular complexity index is 490. The van der Waals surface area contributed by atoms with Gasteiger partial charge in [0.25, 0.3) is 0 Å². The first kappa shape index (κ1) is 11.5. The van der Waals surface area contributed by atoms with E-state index in [0.29, 0.717) is 10.6 Å². The van der Waals surface area contributed by atoms with E-state index in [1.165, 1.54) is 34.6 Å². The first-order valence-corrected chi connectivity index (χ1v) is 7.11. The van der Waals surface area contributed by atoms with Gasteiger partial charge >= 0.3 is 0 Å². The van der Waals surface area contributed by atoms with Gasteiger partial charge < -0.3 is 0 Å². The van der Waals surface area contributed by atoms with Crippen LogP contribution in [0.2, 0.25) is 0 Å². The molecule has 0 saturated carbocycles. The summed E-state index contributed by atoms with van der Waals surface area (Å²) in [5, 5.41) is 5.77. The minimum Gasteiger partial charge on any atom is -0.286 e. The molecule has 0 aliphatic heterocycles. The van der Waals surface area contributed by atoms with E-state index in [0.717, 1.165) is 9.96 Å². The van der Waals surface area contributed by atoms with Crippen molar-refractivity contribution in [3.63, 3.8) is 0 Å². The van der Waals surface area contributed by atoms with Crippen LogP contribution in [0.15, 0.2) is 34.4 Å². The van der Waals surface area contributed by atoms with Crippen LogP contribution in [0.3, 0.4) is 0 Å². The number of thioether (sulfide) groups is 1. The molecule has 0 aliphatic carbocycles. The van der Waals surface area contributed by atoms with E-state index in [2.05, 4.69) is 16.2 Å². The van der Waals surface area contributed by atoms with Gasteiger partial charge in [-0.2, -0.15) is 0 Å². The molecular weight excluding hydrogens is 260 g/mol. The monoisotopic (exact) mass is 268 g/mol. The van der Waals surface area contributed by atoms with E-state index in [4.69, 9.17) is 0 Å². The summed E-state index contributed by atoms with van der Waals surface area (Å²) in [6.45, 7) is 3.64. The zero-order valence-electron chi connectivity index (χ0n) is 8.25. The van der Waals surface area contributed by atoms with Gasteiger partial charge in [-0.25, -0.2) is 0 Å². The zero-order chi connectivity index (χ0) is 11.4. The molecule has 0 unspecified atom stereocenters. The van der Waals surface area contributed by atoms with Crippen molar-refractivity contribution in [3.05, 3.63) is 40.7 Å². The van der Waals surface area contributed by atoms with Gasteiger partial charge in [0.2, 0.25) is 5.78 Å². The van der Waals surface area contributed by atoms with Crippen molar-refractivity contribution in [1.82, 2.24) is 9.59 Å². The number of ketones is 1. The van der Waals surface area contributed by atoms with Crippen LogP contribution in [0.1, 0.15) is 15.4 Å². The van der Waals surface area contributed by atoms with Gasteiger partial charge in [-0.15, -0.1) is 34.8 Å². The van der Waals surface area contributed by atoms with Crippen molar-refractivity contribution >= 4 is 40.4 Å². The van der Waals surface area contributed by atoms with Gasteiger partial charge in [-0.1, -0.05) is 16.6 Å². The molecule has 2 heterocycles. The Morgan fingerprint density at radius 3 is 3.19 bits per heavy atom. The summed E-state index contributed by atoms with van der Waals surface area (Å²) < 4.78 is 4.69. The molecule has 0 radical (unpaired) electrons. The predicted molar refractivity (Wildman–Crippen MR) is 68.6 cm³/mol. The smallest absolute Gasteiger partial charge is 0.225 e. The van der Waals surface area contributed by atoms with Crippen LogP contribution in [0.25, 0.3) is 0 Å². The highest BCUT2D eigenvalue weighted by molar-refractivity contribution is 8.01. The molecule has 2 aromatic rings. The van der Waals surface area contributed by atoms with E-state index in [9.17, 15) is 4.79 Å². The SMILES string of the molecule is C=CCSc1snnc1C(=O)c1cccs1. The Morgan fingerprint density at radius 1 is 1.62 bits per heavy atom. The Hall–Kier alpha value is -0.980. The average molecular weight is 268 g/mol. The van der Waals surface area contributed by atoms with Crippen molar-refractivity contribution in [2.24, 2.45) is 0 Å². The summed E-state index contributed by atoms with van der Waals surface area (Å²) in [6, 6.07) is 3.66. The van der Waals surface area contributed by atoms with Crippen LogP contribution >= 0.6 is 34.6 Å². The van der Waals surface area contributed by atoms with Gasteiger partial charge in [0.1, 0.15) is 4.21 Å². The molecule has 0 atom stereocenters. The molecule has 0 fully saturated rings. The maximum Gasteiger partial charge on any atom is 0.225 e. The van der Waals surface area contributed by atoms with Crippen molar-refractivity contribution in [1.29, 1.82) is 0 Å². The second kappa shape index (κ2) is 5.38. The lowest BCUT2D eigenvalue weighted by molar-refractivity contribution is 0.103. The van der Waals surface area contributed by atoms with Crippen molar-refractivity contribution < 1.29 is 4.79 Å². The Morgan fingerprint density at radius 2 is 2.50 bits per heavy atom. The van der Waals surface area contributed by atoms with Crippen LogP contribution in [0.5, 0.6) is 0 Å². The van der Waals surface area contributed by atoms with Gasteiger partial charge in [0.05, 0.1) is 4.88 Å². The topological polar surface area (TPSA) is 42.9 Å². The molecule has 0 bridgehead atoms. The number of nitrogens with zero attached hydrogens (tertiary/aromatic N) is 2. The van der Waals surface area contributed by atoms with E-state index in [-0.39, 0.29) is 5.78 Å². The largest absolute Gasteiger partial charge is 0.286 e. The van der Waals surface area contributed by atoms with Crippen molar-refractivity contribution in [3.8, 4) is 0 Å². The number of thiophene rings is 1. The average Bonchev–Trinajstić information content (AvgIpc) is 2.96. The lowest BCUT2D eigenvalue weighted by Gasteiger charge is -1.96. The number of carbonyl (C=O) groups is 1. The fourth-order valence-electron chi connectivity index (χ4n) is 1.07. The Labute approximate surface area is 105 Å². The van der Waals surface area contributed by atoms with E-state index in [1.54, 1.807) is 12.1 Å². The quantitative estimate of drug-likeness (QED) is 0.475. The summed E-state index contributed by atoms with van der Waals surface area (Å²) in [5.41, 5.74) is 0.458. The maximum atomic E-state index is 12.0. The number of hydrogen-bond donors (Lipinski definition) is 0. The molecule has 0 aliphatic rings. The van der Waals surface area contributed by atoms with E-state index in [1.807, 2.05) is 11.4 Å². The minimum absolute atomic E-state index is 0.0460. The molecule has 0 saturated heterocycles. The molecule has 0 N–H and O–H groups in total. The summed E-state index contributed by atoms with van der Waals surface area (Å²) in [4.78, 5) is 12.7. The van der Waals surface area contributed by atoms with E-state index < -0.39 is 0 Å². The third-order valence-corrected chi connectivity index (χ3v) is 4.58. The maximum absolute atomic E-state index is 12.0. The second-order valence-electron chi connectivity index (χ2n) is 2.82. The van der Waals surface area contributed by atoms with Gasteiger partial charge in [0.15, 0.2) is 5.69 Å². The van der Waals surface area contributed by atoms with E-state index >= 15 is 0 Å². The molecule has 2 rings (SSSR count). The van der Waals surface area contributed by atoms with Crippen LogP contribution < -0.4 is 0 Å². The highest BCUT2D eigenvalue weighted by Crippen LogP contribution is 2.27. The first-order valence-electron chi connectivity index (χ1n) is 4.47. The molecular formula is C10H8N2OS3. The molecule has 2 aromatic heterocycles. The van der Waals surface area contributed by atoms with Crippen molar-refractivity contribution in [2.75, 3.05) is 5.75 Å². The van der Waals surface area contributed by atoms with Crippen LogP contribution in [-0.4, -0.2) is 21.1 Å². The second-order valence-corrected chi connectivity index (χ2v) is 5.81. The molecule has 16 heavy (non-hydrogen) atoms. The molecule has 0 spiro atoms. The summed E-state index contributed by atoms with van der Waals surface area (Å²) >= 11 is 4.21. The van der Waals surface area contributed by atoms with Crippen LogP contribution in [-0.2, 0) is 0 Å². The zero-order valence-corrected chi connectivity index (χ0v) is 10.7. The van der Waals surface area contributed by atoms with Crippen LogP contribution in [0, 0.1) is 0 Å². The molecule has 0 amide bonds. The number of aromatic nitrogens is 2. The summed E-state index contributed by atoms with van der Waals surface area (Å²) in [6.07, 6.45) is 1.80. The molecule has 3 nitrogen and oxygen atoms in total. The molecule has 82 valence electrons. The number of hydrogen-bond acceptors (Lipinski definition) is 6. The fraction of sp³-hybridized carbons (Fsp3) is 0.100. The lowest BCUT2D eigenvalue weighted by atomic mass is 10.3. The highest BCUT2D eigenvalue weighted by atomic mass is 32.2. The van der Waals surface area contributed by atoms with Crippen LogP contribution in [0.4, 0.5) is 0 Å². The van der Waals surface area contributed by atoms with Gasteiger partial charge in [-0.3, -0.25) is 4.79 Å². The molecule has 0 aromatic carbocycles. The predicted octanol–water partition coefficient (Wildman–Crippen LogP) is 3.11. The molecule has 6 heteroatoms. The summed E-state index contributed by atoms with van der Waals surface area (Å²) in [5.74, 6) is 0.713. The first-order chi connectivity index (χ1) is 7.83. The third kappa shape index (κ3) is 2.40. The number of rotatable bonds is 5. The minimum atomic E-state index is -0.0460. The normalized spacial score (nSPS) is 10.2.